The quantitative estimate of drug-likeness (QED) is 0.556. The van der Waals surface area contributed by atoms with Crippen LogP contribution in [0.15, 0.2) is 52.4 Å². The lowest BCUT2D eigenvalue weighted by atomic mass is 9.96. The van der Waals surface area contributed by atoms with Gasteiger partial charge in [-0.15, -0.1) is 0 Å². The van der Waals surface area contributed by atoms with Crippen molar-refractivity contribution < 1.29 is 14.3 Å². The molecule has 2 aliphatic rings. The minimum absolute atomic E-state index is 0.113. The molecular formula is C24H25ClN2O3S. The van der Waals surface area contributed by atoms with Crippen molar-refractivity contribution in [2.75, 3.05) is 7.11 Å². The number of nitrogens with zero attached hydrogens (tertiary/aromatic N) is 1. The molecule has 1 N–H and O–H groups in total. The molecule has 5 nitrogen and oxygen atoms in total. The third-order valence-electron chi connectivity index (χ3n) is 5.35. The predicted molar refractivity (Wildman–Crippen MR) is 127 cm³/mol. The van der Waals surface area contributed by atoms with Crippen molar-refractivity contribution in [3.05, 3.63) is 63.5 Å². The number of hydrogen-bond acceptors (Lipinski definition) is 5. The Morgan fingerprint density at radius 2 is 1.97 bits per heavy atom. The number of carbonyl (C=O) groups excluding carboxylic acids is 1. The Kier molecular flexibility index (Phi) is 7.20. The fourth-order valence-corrected chi connectivity index (χ4v) is 4.76. The highest BCUT2D eigenvalue weighted by Gasteiger charge is 2.25. The van der Waals surface area contributed by atoms with Gasteiger partial charge in [0.25, 0.3) is 5.91 Å². The number of aliphatic imine (C=N–C) groups is 1. The van der Waals surface area contributed by atoms with Crippen LogP contribution >= 0.6 is 23.4 Å². The molecule has 4 rings (SSSR count). The van der Waals surface area contributed by atoms with Gasteiger partial charge in [0.15, 0.2) is 16.7 Å². The first-order valence-corrected chi connectivity index (χ1v) is 11.6. The zero-order valence-electron chi connectivity index (χ0n) is 17.4. The number of hydrogen-bond donors (Lipinski definition) is 1. The van der Waals surface area contributed by atoms with Gasteiger partial charge in [-0.2, -0.15) is 0 Å². The topological polar surface area (TPSA) is 59.9 Å². The molecule has 1 aliphatic heterocycles. The van der Waals surface area contributed by atoms with E-state index in [1.54, 1.807) is 7.11 Å². The zero-order valence-corrected chi connectivity index (χ0v) is 19.0. The molecule has 1 amide bonds. The maximum Gasteiger partial charge on any atom is 0.264 e. The summed E-state index contributed by atoms with van der Waals surface area (Å²) in [6, 6.07) is 13.5. The molecule has 0 spiro atoms. The van der Waals surface area contributed by atoms with Crippen molar-refractivity contribution in [3.63, 3.8) is 0 Å². The second-order valence-corrected chi connectivity index (χ2v) is 9.02. The van der Waals surface area contributed by atoms with Crippen LogP contribution in [0.2, 0.25) is 5.02 Å². The summed E-state index contributed by atoms with van der Waals surface area (Å²) in [5, 5.41) is 4.26. The van der Waals surface area contributed by atoms with E-state index in [1.165, 1.54) is 31.0 Å². The number of nitrogens with one attached hydrogen (secondary N) is 1. The predicted octanol–water partition coefficient (Wildman–Crippen LogP) is 5.82. The van der Waals surface area contributed by atoms with Crippen LogP contribution in [-0.2, 0) is 11.4 Å². The van der Waals surface area contributed by atoms with Gasteiger partial charge in [0.2, 0.25) is 0 Å². The van der Waals surface area contributed by atoms with Crippen LogP contribution in [0.3, 0.4) is 0 Å². The van der Waals surface area contributed by atoms with Crippen LogP contribution in [-0.4, -0.2) is 24.2 Å². The van der Waals surface area contributed by atoms with Crippen molar-refractivity contribution in [1.29, 1.82) is 0 Å². The Bertz CT molecular complexity index is 1020. The van der Waals surface area contributed by atoms with Gasteiger partial charge in [-0.1, -0.05) is 55.1 Å². The molecule has 0 atom stereocenters. The normalized spacial score (nSPS) is 19.6. The summed E-state index contributed by atoms with van der Waals surface area (Å²) in [6.45, 7) is 0.343. The molecule has 7 heteroatoms. The molecule has 1 heterocycles. The number of halogens is 1. The second kappa shape index (κ2) is 10.2. The lowest BCUT2D eigenvalue weighted by Crippen LogP contribution is -2.22. The lowest BCUT2D eigenvalue weighted by Gasteiger charge is -2.17. The first kappa shape index (κ1) is 21.8. The van der Waals surface area contributed by atoms with Gasteiger partial charge < -0.3 is 14.8 Å². The third kappa shape index (κ3) is 5.63. The first-order chi connectivity index (χ1) is 15.1. The Morgan fingerprint density at radius 1 is 1.16 bits per heavy atom. The van der Waals surface area contributed by atoms with Gasteiger partial charge in [-0.25, -0.2) is 0 Å². The second-order valence-electron chi connectivity index (χ2n) is 7.58. The van der Waals surface area contributed by atoms with Crippen LogP contribution < -0.4 is 14.8 Å². The molecular weight excluding hydrogens is 432 g/mol. The van der Waals surface area contributed by atoms with Crippen molar-refractivity contribution in [2.24, 2.45) is 4.99 Å². The molecule has 1 aliphatic carbocycles. The molecule has 0 aromatic heterocycles. The van der Waals surface area contributed by atoms with Gasteiger partial charge in [0.05, 0.1) is 18.1 Å². The number of ether oxygens (including phenoxy) is 2. The van der Waals surface area contributed by atoms with E-state index in [1.807, 2.05) is 48.5 Å². The Hall–Kier alpha value is -2.44. The van der Waals surface area contributed by atoms with E-state index < -0.39 is 0 Å². The van der Waals surface area contributed by atoms with Crippen molar-refractivity contribution in [1.82, 2.24) is 5.32 Å². The number of amides is 1. The monoisotopic (exact) mass is 456 g/mol. The van der Waals surface area contributed by atoms with Gasteiger partial charge in [0.1, 0.15) is 6.61 Å². The largest absolute Gasteiger partial charge is 0.493 e. The first-order valence-electron chi connectivity index (χ1n) is 10.5. The Morgan fingerprint density at radius 3 is 2.74 bits per heavy atom. The lowest BCUT2D eigenvalue weighted by molar-refractivity contribution is -0.115. The van der Waals surface area contributed by atoms with E-state index in [2.05, 4.69) is 5.32 Å². The number of methoxy groups -OCH3 is 1. The maximum atomic E-state index is 12.4. The van der Waals surface area contributed by atoms with Crippen molar-refractivity contribution in [3.8, 4) is 11.5 Å². The molecule has 0 unspecified atom stereocenters. The number of rotatable bonds is 6. The third-order valence-corrected chi connectivity index (χ3v) is 6.64. The van der Waals surface area contributed by atoms with Crippen LogP contribution in [0.5, 0.6) is 11.5 Å². The zero-order chi connectivity index (χ0) is 21.6. The summed E-state index contributed by atoms with van der Waals surface area (Å²) in [5.41, 5.74) is 1.76. The Labute approximate surface area is 191 Å². The van der Waals surface area contributed by atoms with Crippen LogP contribution in [0.4, 0.5) is 0 Å². The molecule has 2 fully saturated rings. The highest BCUT2D eigenvalue weighted by molar-refractivity contribution is 8.18. The van der Waals surface area contributed by atoms with E-state index in [4.69, 9.17) is 26.1 Å². The van der Waals surface area contributed by atoms with Gasteiger partial charge in [0, 0.05) is 10.6 Å². The fourth-order valence-electron chi connectivity index (χ4n) is 3.68. The number of amidine groups is 1. The Balaban J connectivity index is 1.46. The van der Waals surface area contributed by atoms with E-state index in [0.717, 1.165) is 24.0 Å². The molecule has 162 valence electrons. The fraction of sp³-hybridized carbons (Fsp3) is 0.333. The summed E-state index contributed by atoms with van der Waals surface area (Å²) in [4.78, 5) is 17.8. The average molecular weight is 457 g/mol. The molecule has 1 saturated carbocycles. The molecule has 31 heavy (non-hydrogen) atoms. The van der Waals surface area contributed by atoms with E-state index in [-0.39, 0.29) is 5.91 Å². The summed E-state index contributed by atoms with van der Waals surface area (Å²) < 4.78 is 11.4. The van der Waals surface area contributed by atoms with Crippen LogP contribution in [0.1, 0.15) is 43.2 Å². The standard InChI is InChI=1S/C24H25ClN2O3S/c1-29-21-13-16(11-12-20(21)30-15-17-7-5-6-10-19(17)25)14-22-23(28)27-24(31-22)26-18-8-3-2-4-9-18/h5-7,10-14,18H,2-4,8-9,15H2,1H3,(H,26,27,28). The summed E-state index contributed by atoms with van der Waals surface area (Å²) in [6.07, 6.45) is 7.77. The molecule has 0 bridgehead atoms. The highest BCUT2D eigenvalue weighted by Crippen LogP contribution is 2.33. The number of thioether (sulfide) groups is 1. The van der Waals surface area contributed by atoms with Crippen molar-refractivity contribution >= 4 is 40.5 Å². The minimum atomic E-state index is -0.113. The smallest absolute Gasteiger partial charge is 0.264 e. The molecule has 0 radical (unpaired) electrons. The van der Waals surface area contributed by atoms with Crippen molar-refractivity contribution in [2.45, 2.75) is 44.8 Å². The minimum Gasteiger partial charge on any atom is -0.493 e. The number of benzene rings is 2. The maximum absolute atomic E-state index is 12.4. The molecule has 2 aromatic carbocycles. The summed E-state index contributed by atoms with van der Waals surface area (Å²) >= 11 is 7.60. The summed E-state index contributed by atoms with van der Waals surface area (Å²) in [5.74, 6) is 1.10. The average Bonchev–Trinajstić information content (AvgIpc) is 3.12. The van der Waals surface area contributed by atoms with E-state index >= 15 is 0 Å². The van der Waals surface area contributed by atoms with Crippen LogP contribution in [0.25, 0.3) is 6.08 Å². The van der Waals surface area contributed by atoms with Gasteiger partial charge in [-0.3, -0.25) is 9.79 Å². The van der Waals surface area contributed by atoms with E-state index in [0.29, 0.717) is 39.2 Å². The molecule has 2 aromatic rings. The van der Waals surface area contributed by atoms with Gasteiger partial charge >= 0.3 is 0 Å². The summed E-state index contributed by atoms with van der Waals surface area (Å²) in [7, 11) is 1.60. The number of carbonyl (C=O) groups is 1. The highest BCUT2D eigenvalue weighted by atomic mass is 35.5. The SMILES string of the molecule is COc1cc(C=C2SC(=NC3CCCCC3)NC2=O)ccc1OCc1ccccc1Cl. The van der Waals surface area contributed by atoms with Crippen LogP contribution in [0, 0.1) is 0 Å². The van der Waals surface area contributed by atoms with Gasteiger partial charge in [-0.05, 0) is 54.4 Å². The van der Waals surface area contributed by atoms with E-state index in [9.17, 15) is 4.79 Å². The molecule has 1 saturated heterocycles.